The SMILES string of the molecule is O=[N+]([O-])c1cc(NCCO)ccc1NCCCO. The first-order valence-corrected chi connectivity index (χ1v) is 5.67. The number of benzene rings is 1. The van der Waals surface area contributed by atoms with Gasteiger partial charge in [0.2, 0.25) is 0 Å². The lowest BCUT2D eigenvalue weighted by Crippen LogP contribution is -2.08. The number of aliphatic hydroxyl groups excluding tert-OH is 2. The van der Waals surface area contributed by atoms with Crippen molar-refractivity contribution in [2.45, 2.75) is 6.42 Å². The molecule has 18 heavy (non-hydrogen) atoms. The van der Waals surface area contributed by atoms with E-state index >= 15 is 0 Å². The standard InChI is InChI=1S/C11H17N3O4/c15-6-1-4-13-10-3-2-9(12-5-7-16)8-11(10)14(17)18/h2-3,8,12-13,15-16H,1,4-7H2. The van der Waals surface area contributed by atoms with Gasteiger partial charge in [-0.1, -0.05) is 0 Å². The molecule has 0 spiro atoms. The first kappa shape index (κ1) is 14.2. The lowest BCUT2D eigenvalue weighted by atomic mass is 10.2. The second kappa shape index (κ2) is 7.46. The third-order valence-electron chi connectivity index (χ3n) is 2.29. The molecule has 0 aliphatic heterocycles. The number of aliphatic hydroxyl groups is 2. The van der Waals surface area contributed by atoms with Gasteiger partial charge in [0, 0.05) is 31.5 Å². The zero-order chi connectivity index (χ0) is 13.4. The summed E-state index contributed by atoms with van der Waals surface area (Å²) in [7, 11) is 0. The highest BCUT2D eigenvalue weighted by atomic mass is 16.6. The molecule has 0 heterocycles. The van der Waals surface area contributed by atoms with E-state index in [1.165, 1.54) is 6.07 Å². The number of nitro groups is 1. The molecule has 0 radical (unpaired) electrons. The fraction of sp³-hybridized carbons (Fsp3) is 0.455. The monoisotopic (exact) mass is 255 g/mol. The van der Waals surface area contributed by atoms with Crippen LogP contribution in [0, 0.1) is 10.1 Å². The number of nitrogens with one attached hydrogen (secondary N) is 2. The number of anilines is 2. The van der Waals surface area contributed by atoms with Gasteiger partial charge in [-0.25, -0.2) is 0 Å². The molecule has 0 bridgehead atoms. The summed E-state index contributed by atoms with van der Waals surface area (Å²) in [6.07, 6.45) is 0.529. The highest BCUT2D eigenvalue weighted by Crippen LogP contribution is 2.27. The number of rotatable bonds is 8. The average molecular weight is 255 g/mol. The molecule has 4 N–H and O–H groups in total. The lowest BCUT2D eigenvalue weighted by Gasteiger charge is -2.09. The van der Waals surface area contributed by atoms with Gasteiger partial charge in [-0.05, 0) is 18.6 Å². The van der Waals surface area contributed by atoms with Crippen LogP contribution in [0.5, 0.6) is 0 Å². The van der Waals surface area contributed by atoms with Crippen LogP contribution in [0.15, 0.2) is 18.2 Å². The summed E-state index contributed by atoms with van der Waals surface area (Å²) in [5.41, 5.74) is 0.974. The fourth-order valence-electron chi connectivity index (χ4n) is 1.44. The van der Waals surface area contributed by atoms with Gasteiger partial charge in [-0.3, -0.25) is 10.1 Å². The highest BCUT2D eigenvalue weighted by Gasteiger charge is 2.13. The summed E-state index contributed by atoms with van der Waals surface area (Å²) >= 11 is 0. The summed E-state index contributed by atoms with van der Waals surface area (Å²) in [6, 6.07) is 4.72. The van der Waals surface area contributed by atoms with E-state index in [-0.39, 0.29) is 18.9 Å². The van der Waals surface area contributed by atoms with Crippen molar-refractivity contribution in [1.29, 1.82) is 0 Å². The quantitative estimate of drug-likeness (QED) is 0.311. The van der Waals surface area contributed by atoms with Crippen molar-refractivity contribution < 1.29 is 15.1 Å². The number of nitrogens with zero attached hydrogens (tertiary/aromatic N) is 1. The van der Waals surface area contributed by atoms with Crippen LogP contribution < -0.4 is 10.6 Å². The van der Waals surface area contributed by atoms with E-state index in [4.69, 9.17) is 10.2 Å². The zero-order valence-electron chi connectivity index (χ0n) is 9.93. The van der Waals surface area contributed by atoms with Gasteiger partial charge in [0.25, 0.3) is 5.69 Å². The molecule has 7 heteroatoms. The van der Waals surface area contributed by atoms with Crippen molar-refractivity contribution in [2.24, 2.45) is 0 Å². The van der Waals surface area contributed by atoms with Crippen LogP contribution in [-0.2, 0) is 0 Å². The predicted molar refractivity (Wildman–Crippen MR) is 68.9 cm³/mol. The van der Waals surface area contributed by atoms with Crippen molar-refractivity contribution in [3.63, 3.8) is 0 Å². The molecular formula is C11H17N3O4. The van der Waals surface area contributed by atoms with E-state index in [2.05, 4.69) is 10.6 Å². The summed E-state index contributed by atoms with van der Waals surface area (Å²) in [5, 5.41) is 34.0. The summed E-state index contributed by atoms with van der Waals surface area (Å²) in [5.74, 6) is 0. The van der Waals surface area contributed by atoms with Crippen molar-refractivity contribution in [2.75, 3.05) is 36.9 Å². The Hall–Kier alpha value is -1.86. The number of hydrogen-bond acceptors (Lipinski definition) is 6. The van der Waals surface area contributed by atoms with Gasteiger partial charge >= 0.3 is 0 Å². The largest absolute Gasteiger partial charge is 0.396 e. The fourth-order valence-corrected chi connectivity index (χ4v) is 1.44. The Bertz CT molecular complexity index is 398. The Kier molecular flexibility index (Phi) is 5.89. The third-order valence-corrected chi connectivity index (χ3v) is 2.29. The van der Waals surface area contributed by atoms with Gasteiger partial charge in [0.05, 0.1) is 11.5 Å². The molecule has 0 saturated heterocycles. The molecule has 0 aliphatic rings. The van der Waals surface area contributed by atoms with Gasteiger partial charge in [0.15, 0.2) is 0 Å². The Morgan fingerprint density at radius 1 is 1.17 bits per heavy atom. The molecule has 0 unspecified atom stereocenters. The molecule has 1 aromatic carbocycles. The normalized spacial score (nSPS) is 10.1. The molecule has 0 aliphatic carbocycles. The molecule has 1 aromatic rings. The highest BCUT2D eigenvalue weighted by molar-refractivity contribution is 5.67. The minimum absolute atomic E-state index is 0.0316. The average Bonchev–Trinajstić information content (AvgIpc) is 2.37. The lowest BCUT2D eigenvalue weighted by molar-refractivity contribution is -0.383. The second-order valence-electron chi connectivity index (χ2n) is 3.64. The van der Waals surface area contributed by atoms with Gasteiger partial charge in [-0.2, -0.15) is 0 Å². The third kappa shape index (κ3) is 4.19. The molecule has 0 amide bonds. The maximum atomic E-state index is 10.9. The van der Waals surface area contributed by atoms with Crippen LogP contribution in [0.3, 0.4) is 0 Å². The van der Waals surface area contributed by atoms with Crippen LogP contribution in [0.4, 0.5) is 17.1 Å². The summed E-state index contributed by atoms with van der Waals surface area (Å²) in [6.45, 7) is 0.816. The van der Waals surface area contributed by atoms with Crippen LogP contribution in [0.2, 0.25) is 0 Å². The first-order chi connectivity index (χ1) is 8.69. The molecule has 0 atom stereocenters. The van der Waals surface area contributed by atoms with E-state index in [0.717, 1.165) is 0 Å². The van der Waals surface area contributed by atoms with Gasteiger partial charge in [-0.15, -0.1) is 0 Å². The summed E-state index contributed by atoms with van der Waals surface area (Å²) < 4.78 is 0. The minimum atomic E-state index is -0.467. The maximum absolute atomic E-state index is 10.9. The zero-order valence-corrected chi connectivity index (χ0v) is 9.93. The van der Waals surface area contributed by atoms with Crippen LogP contribution >= 0.6 is 0 Å². The molecular weight excluding hydrogens is 238 g/mol. The molecule has 0 fully saturated rings. The molecule has 0 saturated carbocycles. The van der Waals surface area contributed by atoms with Crippen molar-refractivity contribution >= 4 is 17.1 Å². The molecule has 1 rings (SSSR count). The molecule has 100 valence electrons. The van der Waals surface area contributed by atoms with Crippen molar-refractivity contribution in [3.05, 3.63) is 28.3 Å². The Morgan fingerprint density at radius 3 is 2.56 bits per heavy atom. The van der Waals surface area contributed by atoms with E-state index < -0.39 is 4.92 Å². The van der Waals surface area contributed by atoms with E-state index in [0.29, 0.717) is 30.9 Å². The predicted octanol–water partition coefficient (Wildman–Crippen LogP) is 0.793. The van der Waals surface area contributed by atoms with Gasteiger partial charge in [0.1, 0.15) is 5.69 Å². The summed E-state index contributed by atoms with van der Waals surface area (Å²) in [4.78, 5) is 10.5. The van der Waals surface area contributed by atoms with Crippen molar-refractivity contribution in [3.8, 4) is 0 Å². The van der Waals surface area contributed by atoms with Crippen LogP contribution in [-0.4, -0.2) is 41.4 Å². The topological polar surface area (TPSA) is 108 Å². The smallest absolute Gasteiger partial charge is 0.294 e. The van der Waals surface area contributed by atoms with Gasteiger partial charge < -0.3 is 20.8 Å². The maximum Gasteiger partial charge on any atom is 0.294 e. The van der Waals surface area contributed by atoms with Crippen molar-refractivity contribution in [1.82, 2.24) is 0 Å². The van der Waals surface area contributed by atoms with E-state index in [1.54, 1.807) is 12.1 Å². The Morgan fingerprint density at radius 2 is 1.94 bits per heavy atom. The Labute approximate surface area is 105 Å². The van der Waals surface area contributed by atoms with Crippen LogP contribution in [0.25, 0.3) is 0 Å². The number of hydrogen-bond donors (Lipinski definition) is 4. The first-order valence-electron chi connectivity index (χ1n) is 5.67. The minimum Gasteiger partial charge on any atom is -0.396 e. The number of nitro benzene ring substituents is 1. The molecule has 7 nitrogen and oxygen atoms in total. The Balaban J connectivity index is 2.80. The van der Waals surface area contributed by atoms with Crippen LogP contribution in [0.1, 0.15) is 6.42 Å². The van der Waals surface area contributed by atoms with E-state index in [9.17, 15) is 10.1 Å². The molecule has 0 aromatic heterocycles. The second-order valence-corrected chi connectivity index (χ2v) is 3.64. The van der Waals surface area contributed by atoms with E-state index in [1.807, 2.05) is 0 Å².